The molecule has 0 fully saturated rings. The fourth-order valence-corrected chi connectivity index (χ4v) is 4.27. The SMILES string of the molecule is CC(C)N1C(=O)c2ccc(C(=O)NCCCCN)cc2S1(=O)=O.Cl. The van der Waals surface area contributed by atoms with Crippen LogP contribution in [0.2, 0.25) is 0 Å². The molecule has 0 bridgehead atoms. The maximum absolute atomic E-state index is 12.5. The summed E-state index contributed by atoms with van der Waals surface area (Å²) in [4.78, 5) is 24.2. The first-order chi connectivity index (χ1) is 10.8. The second kappa shape index (κ2) is 7.96. The Kier molecular flexibility index (Phi) is 6.76. The Bertz CT molecular complexity index is 734. The van der Waals surface area contributed by atoms with E-state index >= 15 is 0 Å². The van der Waals surface area contributed by atoms with E-state index in [1.807, 2.05) is 0 Å². The van der Waals surface area contributed by atoms with Gasteiger partial charge in [-0.05, 0) is 51.4 Å². The molecule has 0 atom stereocenters. The number of nitrogens with zero attached hydrogens (tertiary/aromatic N) is 1. The predicted molar refractivity (Wildman–Crippen MR) is 92.8 cm³/mol. The molecule has 0 saturated carbocycles. The lowest BCUT2D eigenvalue weighted by Gasteiger charge is -2.18. The minimum absolute atomic E-state index is 0. The van der Waals surface area contributed by atoms with Crippen LogP contribution >= 0.6 is 12.4 Å². The van der Waals surface area contributed by atoms with Crippen LogP contribution in [0.4, 0.5) is 0 Å². The molecule has 9 heteroatoms. The zero-order chi connectivity index (χ0) is 17.2. The lowest BCUT2D eigenvalue weighted by molar-refractivity contribution is 0.0845. The highest BCUT2D eigenvalue weighted by molar-refractivity contribution is 7.90. The van der Waals surface area contributed by atoms with Crippen molar-refractivity contribution in [2.45, 2.75) is 37.6 Å². The maximum atomic E-state index is 12.5. The van der Waals surface area contributed by atoms with Gasteiger partial charge in [-0.1, -0.05) is 0 Å². The van der Waals surface area contributed by atoms with Crippen molar-refractivity contribution in [3.05, 3.63) is 29.3 Å². The van der Waals surface area contributed by atoms with E-state index < -0.39 is 22.0 Å². The molecule has 0 spiro atoms. The molecule has 2 rings (SSSR count). The van der Waals surface area contributed by atoms with Gasteiger partial charge in [-0.2, -0.15) is 0 Å². The molecule has 1 aliphatic heterocycles. The zero-order valence-electron chi connectivity index (χ0n) is 13.6. The van der Waals surface area contributed by atoms with Crippen LogP contribution in [-0.4, -0.2) is 43.7 Å². The number of benzene rings is 1. The van der Waals surface area contributed by atoms with Gasteiger partial charge in [0.05, 0.1) is 5.56 Å². The van der Waals surface area contributed by atoms with Gasteiger partial charge in [-0.3, -0.25) is 9.59 Å². The van der Waals surface area contributed by atoms with E-state index in [9.17, 15) is 18.0 Å². The number of carbonyl (C=O) groups is 2. The van der Waals surface area contributed by atoms with E-state index in [1.165, 1.54) is 18.2 Å². The highest BCUT2D eigenvalue weighted by atomic mass is 35.5. The molecule has 134 valence electrons. The Morgan fingerprint density at radius 2 is 1.96 bits per heavy atom. The number of fused-ring (bicyclic) bond motifs is 1. The Morgan fingerprint density at radius 3 is 2.54 bits per heavy atom. The molecule has 7 nitrogen and oxygen atoms in total. The number of nitrogens with two attached hydrogens (primary N) is 1. The third-order valence-electron chi connectivity index (χ3n) is 3.60. The monoisotopic (exact) mass is 375 g/mol. The van der Waals surface area contributed by atoms with Gasteiger partial charge in [-0.15, -0.1) is 12.4 Å². The molecule has 0 radical (unpaired) electrons. The summed E-state index contributed by atoms with van der Waals surface area (Å²) < 4.78 is 25.8. The van der Waals surface area contributed by atoms with Crippen molar-refractivity contribution in [3.8, 4) is 0 Å². The molecule has 0 unspecified atom stereocenters. The van der Waals surface area contributed by atoms with Crippen molar-refractivity contribution >= 4 is 34.2 Å². The molecule has 1 aliphatic rings. The molecule has 1 heterocycles. The lowest BCUT2D eigenvalue weighted by Crippen LogP contribution is -2.36. The van der Waals surface area contributed by atoms with Gasteiger partial charge >= 0.3 is 0 Å². The third-order valence-corrected chi connectivity index (χ3v) is 5.60. The topological polar surface area (TPSA) is 110 Å². The van der Waals surface area contributed by atoms with E-state index in [0.29, 0.717) is 13.1 Å². The smallest absolute Gasteiger partial charge is 0.269 e. The van der Waals surface area contributed by atoms with E-state index in [-0.39, 0.29) is 34.3 Å². The van der Waals surface area contributed by atoms with Crippen LogP contribution in [0.15, 0.2) is 23.1 Å². The van der Waals surface area contributed by atoms with Gasteiger partial charge in [0.25, 0.3) is 21.8 Å². The van der Waals surface area contributed by atoms with E-state index in [1.54, 1.807) is 13.8 Å². The highest BCUT2D eigenvalue weighted by Crippen LogP contribution is 2.32. The van der Waals surface area contributed by atoms with Crippen molar-refractivity contribution in [2.24, 2.45) is 5.73 Å². The summed E-state index contributed by atoms with van der Waals surface area (Å²) in [5.41, 5.74) is 5.71. The molecule has 0 aromatic heterocycles. The minimum atomic E-state index is -3.89. The third kappa shape index (κ3) is 3.71. The molecule has 0 saturated heterocycles. The zero-order valence-corrected chi connectivity index (χ0v) is 15.2. The van der Waals surface area contributed by atoms with Gasteiger partial charge in [0.2, 0.25) is 0 Å². The Hall–Kier alpha value is -1.64. The normalized spacial score (nSPS) is 15.2. The van der Waals surface area contributed by atoms with E-state index in [0.717, 1.165) is 17.1 Å². The summed E-state index contributed by atoms with van der Waals surface area (Å²) in [5, 5.41) is 2.71. The minimum Gasteiger partial charge on any atom is -0.352 e. The molecule has 24 heavy (non-hydrogen) atoms. The standard InChI is InChI=1S/C15H21N3O4S.ClH/c1-10(2)18-15(20)12-6-5-11(9-13(12)23(18,21)22)14(19)17-8-4-3-7-16;/h5-6,9-10H,3-4,7-8,16H2,1-2H3,(H,17,19);1H. The summed E-state index contributed by atoms with van der Waals surface area (Å²) in [6.07, 6.45) is 1.56. The summed E-state index contributed by atoms with van der Waals surface area (Å²) in [5.74, 6) is -0.916. The average Bonchev–Trinajstić information content (AvgIpc) is 2.69. The number of sulfonamides is 1. The molecular weight excluding hydrogens is 354 g/mol. The number of hydrogen-bond donors (Lipinski definition) is 2. The second-order valence-electron chi connectivity index (χ2n) is 5.66. The molecule has 0 aliphatic carbocycles. The Labute approximate surface area is 148 Å². The quantitative estimate of drug-likeness (QED) is 0.724. The van der Waals surface area contributed by atoms with Crippen molar-refractivity contribution in [1.82, 2.24) is 9.62 Å². The Morgan fingerprint density at radius 1 is 1.29 bits per heavy atom. The van der Waals surface area contributed by atoms with Gasteiger partial charge in [0, 0.05) is 18.2 Å². The van der Waals surface area contributed by atoms with Crippen molar-refractivity contribution < 1.29 is 18.0 Å². The van der Waals surface area contributed by atoms with Crippen LogP contribution < -0.4 is 11.1 Å². The maximum Gasteiger partial charge on any atom is 0.269 e. The highest BCUT2D eigenvalue weighted by Gasteiger charge is 2.42. The second-order valence-corrected chi connectivity index (χ2v) is 7.45. The number of nitrogens with one attached hydrogen (secondary N) is 1. The molecule has 1 aromatic rings. The van der Waals surface area contributed by atoms with Crippen LogP contribution in [0.1, 0.15) is 47.4 Å². The lowest BCUT2D eigenvalue weighted by atomic mass is 10.1. The number of amides is 2. The van der Waals surface area contributed by atoms with Gasteiger partial charge in [-0.25, -0.2) is 12.7 Å². The van der Waals surface area contributed by atoms with Crippen LogP contribution in [0, 0.1) is 0 Å². The number of carbonyl (C=O) groups excluding carboxylic acids is 2. The van der Waals surface area contributed by atoms with Gasteiger partial charge in [0.15, 0.2) is 0 Å². The predicted octanol–water partition coefficient (Wildman–Crippen LogP) is 1.13. The van der Waals surface area contributed by atoms with Crippen LogP contribution in [-0.2, 0) is 10.0 Å². The van der Waals surface area contributed by atoms with Crippen LogP contribution in [0.25, 0.3) is 0 Å². The van der Waals surface area contributed by atoms with Gasteiger partial charge in [0.1, 0.15) is 4.90 Å². The van der Waals surface area contributed by atoms with Crippen molar-refractivity contribution in [1.29, 1.82) is 0 Å². The van der Waals surface area contributed by atoms with Crippen LogP contribution in [0.5, 0.6) is 0 Å². The summed E-state index contributed by atoms with van der Waals surface area (Å²) in [7, 11) is -3.89. The first-order valence-corrected chi connectivity index (χ1v) is 8.95. The van der Waals surface area contributed by atoms with Crippen LogP contribution in [0.3, 0.4) is 0 Å². The molecule has 1 aromatic carbocycles. The number of unbranched alkanes of at least 4 members (excludes halogenated alkanes) is 1. The average molecular weight is 376 g/mol. The summed E-state index contributed by atoms with van der Waals surface area (Å²) in [6.45, 7) is 4.29. The van der Waals surface area contributed by atoms with Crippen molar-refractivity contribution in [3.63, 3.8) is 0 Å². The molecular formula is C15H22ClN3O4S. The summed E-state index contributed by atoms with van der Waals surface area (Å²) in [6, 6.07) is 3.65. The van der Waals surface area contributed by atoms with E-state index in [4.69, 9.17) is 5.73 Å². The van der Waals surface area contributed by atoms with Crippen molar-refractivity contribution in [2.75, 3.05) is 13.1 Å². The first kappa shape index (κ1) is 20.4. The fraction of sp³-hybridized carbons (Fsp3) is 0.467. The Balaban J connectivity index is 0.00000288. The molecule has 3 N–H and O–H groups in total. The number of hydrogen-bond acceptors (Lipinski definition) is 5. The largest absolute Gasteiger partial charge is 0.352 e. The fourth-order valence-electron chi connectivity index (χ4n) is 2.47. The van der Waals surface area contributed by atoms with Gasteiger partial charge < -0.3 is 11.1 Å². The number of halogens is 1. The molecule has 2 amide bonds. The number of rotatable bonds is 6. The summed E-state index contributed by atoms with van der Waals surface area (Å²) >= 11 is 0. The van der Waals surface area contributed by atoms with E-state index in [2.05, 4.69) is 5.32 Å². The first-order valence-electron chi connectivity index (χ1n) is 7.51.